The molecule has 1 heterocycles. The molecule has 1 aromatic rings. The van der Waals surface area contributed by atoms with Crippen LogP contribution in [0.3, 0.4) is 0 Å². The summed E-state index contributed by atoms with van der Waals surface area (Å²) < 4.78 is 19.1. The Morgan fingerprint density at radius 2 is 1.80 bits per heavy atom. The summed E-state index contributed by atoms with van der Waals surface area (Å²) in [6.45, 7) is 5.10. The second-order valence-electron chi connectivity index (χ2n) is 10.4. The van der Waals surface area contributed by atoms with Crippen molar-refractivity contribution in [3.05, 3.63) is 35.9 Å². The third-order valence-corrected chi connectivity index (χ3v) is 6.47. The Morgan fingerprint density at radius 3 is 2.34 bits per heavy atom. The summed E-state index contributed by atoms with van der Waals surface area (Å²) in [6, 6.07) is 6.05. The van der Waals surface area contributed by atoms with E-state index in [1.54, 1.807) is 51.1 Å². The van der Waals surface area contributed by atoms with Gasteiger partial charge in [-0.15, -0.1) is 0 Å². The molecule has 1 aromatic carbocycles. The van der Waals surface area contributed by atoms with Crippen molar-refractivity contribution in [1.29, 1.82) is 0 Å². The summed E-state index contributed by atoms with van der Waals surface area (Å²) in [7, 11) is 1.25. The lowest BCUT2D eigenvalue weighted by Gasteiger charge is -2.36. The molecule has 2 fully saturated rings. The van der Waals surface area contributed by atoms with E-state index >= 15 is 0 Å². The van der Waals surface area contributed by atoms with E-state index in [-0.39, 0.29) is 32.2 Å². The van der Waals surface area contributed by atoms with Crippen molar-refractivity contribution in [2.24, 2.45) is 5.41 Å². The van der Waals surface area contributed by atoms with Crippen LogP contribution < -0.4 is 10.6 Å². The zero-order valence-corrected chi connectivity index (χ0v) is 20.5. The van der Waals surface area contributed by atoms with Crippen LogP contribution in [-0.2, 0) is 23.9 Å². The summed E-state index contributed by atoms with van der Waals surface area (Å²) in [5.41, 5.74) is -2.05. The number of nitrogens with zero attached hydrogens (tertiary/aromatic N) is 1. The molecule has 1 saturated carbocycles. The number of likely N-dealkylation sites (tertiary alicyclic amines) is 1. The fraction of sp³-hybridized carbons (Fsp3) is 0.600. The van der Waals surface area contributed by atoms with Crippen LogP contribution in [0.4, 0.5) is 4.39 Å². The highest BCUT2D eigenvalue weighted by Crippen LogP contribution is 2.40. The van der Waals surface area contributed by atoms with Gasteiger partial charge in [0.25, 0.3) is 5.91 Å². The molecular formula is C25H34FN3O6. The SMILES string of the molecule is COC(=O)C[C@H](NC(=O)[C@@H]1C[C@@H](O)CN1C(=O)[C@H](NC(=O)C1(F)CC1)C(C)(C)C)c1ccccc1. The molecule has 0 bridgehead atoms. The minimum Gasteiger partial charge on any atom is -0.469 e. The maximum absolute atomic E-state index is 14.3. The first-order valence-corrected chi connectivity index (χ1v) is 11.8. The molecule has 4 atom stereocenters. The third kappa shape index (κ3) is 6.36. The van der Waals surface area contributed by atoms with Gasteiger partial charge in [-0.3, -0.25) is 19.2 Å². The lowest BCUT2D eigenvalue weighted by atomic mass is 9.85. The number of β-amino-alcohol motifs (C(OH)–C–C–N with tert-alkyl or cyclic N) is 1. The zero-order valence-electron chi connectivity index (χ0n) is 20.5. The second-order valence-corrected chi connectivity index (χ2v) is 10.4. The van der Waals surface area contributed by atoms with Crippen LogP contribution in [0, 0.1) is 5.41 Å². The molecule has 10 heteroatoms. The van der Waals surface area contributed by atoms with Crippen LogP contribution in [-0.4, -0.2) is 71.2 Å². The van der Waals surface area contributed by atoms with Gasteiger partial charge in [0.15, 0.2) is 5.67 Å². The number of rotatable bonds is 8. The van der Waals surface area contributed by atoms with Crippen LogP contribution in [0.5, 0.6) is 0 Å². The number of carbonyl (C=O) groups excluding carboxylic acids is 4. The molecule has 35 heavy (non-hydrogen) atoms. The number of methoxy groups -OCH3 is 1. The van der Waals surface area contributed by atoms with E-state index in [2.05, 4.69) is 10.6 Å². The maximum Gasteiger partial charge on any atom is 0.307 e. The van der Waals surface area contributed by atoms with Crippen molar-refractivity contribution >= 4 is 23.7 Å². The number of hydrogen-bond acceptors (Lipinski definition) is 6. The third-order valence-electron chi connectivity index (χ3n) is 6.47. The molecule has 3 amide bonds. The number of benzene rings is 1. The van der Waals surface area contributed by atoms with E-state index in [0.29, 0.717) is 5.56 Å². The van der Waals surface area contributed by atoms with Crippen LogP contribution in [0.25, 0.3) is 0 Å². The van der Waals surface area contributed by atoms with Gasteiger partial charge >= 0.3 is 5.97 Å². The van der Waals surface area contributed by atoms with Gasteiger partial charge in [-0.2, -0.15) is 0 Å². The summed E-state index contributed by atoms with van der Waals surface area (Å²) in [4.78, 5) is 52.4. The number of ether oxygens (including phenoxy) is 1. The fourth-order valence-corrected chi connectivity index (χ4v) is 4.17. The largest absolute Gasteiger partial charge is 0.469 e. The average Bonchev–Trinajstić information content (AvgIpc) is 3.44. The number of esters is 1. The minimum absolute atomic E-state index is 0.00480. The van der Waals surface area contributed by atoms with Gasteiger partial charge in [0.1, 0.15) is 12.1 Å². The predicted octanol–water partition coefficient (Wildman–Crippen LogP) is 1.40. The van der Waals surface area contributed by atoms with Gasteiger partial charge in [0.2, 0.25) is 11.8 Å². The van der Waals surface area contributed by atoms with Gasteiger partial charge in [0.05, 0.1) is 25.7 Å². The highest BCUT2D eigenvalue weighted by Gasteiger charge is 2.53. The van der Waals surface area contributed by atoms with E-state index in [9.17, 15) is 28.7 Å². The van der Waals surface area contributed by atoms with Crippen LogP contribution in [0.1, 0.15) is 58.1 Å². The molecule has 3 rings (SSSR count). The van der Waals surface area contributed by atoms with Gasteiger partial charge in [-0.1, -0.05) is 51.1 Å². The predicted molar refractivity (Wildman–Crippen MR) is 125 cm³/mol. The molecule has 9 nitrogen and oxygen atoms in total. The van der Waals surface area contributed by atoms with E-state index in [0.717, 1.165) is 0 Å². The molecule has 192 valence electrons. The van der Waals surface area contributed by atoms with Crippen molar-refractivity contribution in [2.45, 2.75) is 76.4 Å². The Bertz CT molecular complexity index is 960. The van der Waals surface area contributed by atoms with E-state index in [1.807, 2.05) is 0 Å². The number of carbonyl (C=O) groups is 4. The van der Waals surface area contributed by atoms with E-state index < -0.39 is 59.0 Å². The number of hydrogen-bond donors (Lipinski definition) is 3. The molecular weight excluding hydrogens is 457 g/mol. The number of alkyl halides is 1. The van der Waals surface area contributed by atoms with E-state index in [1.165, 1.54) is 12.0 Å². The Morgan fingerprint density at radius 1 is 1.17 bits per heavy atom. The molecule has 3 N–H and O–H groups in total. The number of aliphatic hydroxyl groups is 1. The minimum atomic E-state index is -1.96. The van der Waals surface area contributed by atoms with Crippen molar-refractivity contribution in [1.82, 2.24) is 15.5 Å². The first kappa shape index (κ1) is 26.6. The molecule has 0 aromatic heterocycles. The van der Waals surface area contributed by atoms with Crippen LogP contribution in [0.15, 0.2) is 30.3 Å². The summed E-state index contributed by atoms with van der Waals surface area (Å²) in [5, 5.41) is 15.7. The number of nitrogens with one attached hydrogen (secondary N) is 2. The smallest absolute Gasteiger partial charge is 0.307 e. The molecule has 0 spiro atoms. The molecule has 0 radical (unpaired) electrons. The van der Waals surface area contributed by atoms with Crippen molar-refractivity contribution < 1.29 is 33.4 Å². The van der Waals surface area contributed by atoms with E-state index in [4.69, 9.17) is 4.74 Å². The van der Waals surface area contributed by atoms with Crippen LogP contribution in [0.2, 0.25) is 0 Å². The first-order valence-electron chi connectivity index (χ1n) is 11.8. The summed E-state index contributed by atoms with van der Waals surface area (Å²) in [6.07, 6.45) is -0.849. The fourth-order valence-electron chi connectivity index (χ4n) is 4.17. The van der Waals surface area contributed by atoms with Crippen molar-refractivity contribution in [3.63, 3.8) is 0 Å². The zero-order chi connectivity index (χ0) is 26.0. The Kier molecular flexibility index (Phi) is 7.83. The van der Waals surface area contributed by atoms with Gasteiger partial charge in [-0.05, 0) is 23.8 Å². The lowest BCUT2D eigenvalue weighted by molar-refractivity contribution is -0.145. The lowest BCUT2D eigenvalue weighted by Crippen LogP contribution is -2.59. The van der Waals surface area contributed by atoms with Gasteiger partial charge in [0, 0.05) is 13.0 Å². The quantitative estimate of drug-likeness (QED) is 0.472. The van der Waals surface area contributed by atoms with Gasteiger partial charge < -0.3 is 25.4 Å². The Labute approximate surface area is 204 Å². The first-order chi connectivity index (χ1) is 16.4. The van der Waals surface area contributed by atoms with Gasteiger partial charge in [-0.25, -0.2) is 4.39 Å². The molecule has 1 aliphatic carbocycles. The number of aliphatic hydroxyl groups excluding tert-OH is 1. The summed E-state index contributed by atoms with van der Waals surface area (Å²) in [5.74, 6) is -2.48. The standard InChI is InChI=1S/C25H34FN3O6/c1-24(2,3)20(28-23(34)25(26)10-11-25)22(33)29-14-16(30)12-18(29)21(32)27-17(13-19(31)35-4)15-8-6-5-7-9-15/h5-9,16-18,20,30H,10-14H2,1-4H3,(H,27,32)(H,28,34)/t16-,17+,18+,20+/m1/s1. The normalized spacial score (nSPS) is 22.6. The topological polar surface area (TPSA) is 125 Å². The van der Waals surface area contributed by atoms with Crippen molar-refractivity contribution in [3.8, 4) is 0 Å². The highest BCUT2D eigenvalue weighted by atomic mass is 19.1. The number of halogens is 1. The molecule has 1 aliphatic heterocycles. The second kappa shape index (κ2) is 10.3. The number of amides is 3. The van der Waals surface area contributed by atoms with Crippen molar-refractivity contribution in [2.75, 3.05) is 13.7 Å². The Balaban J connectivity index is 1.80. The van der Waals surface area contributed by atoms with Crippen LogP contribution >= 0.6 is 0 Å². The summed E-state index contributed by atoms with van der Waals surface area (Å²) >= 11 is 0. The molecule has 2 aliphatic rings. The monoisotopic (exact) mass is 491 g/mol. The maximum atomic E-state index is 14.3. The Hall–Kier alpha value is -3.01. The molecule has 1 saturated heterocycles. The highest BCUT2D eigenvalue weighted by molar-refractivity contribution is 5.96. The average molecular weight is 492 g/mol. The molecule has 0 unspecified atom stereocenters.